The van der Waals surface area contributed by atoms with Crippen LogP contribution in [-0.2, 0) is 16.0 Å². The van der Waals surface area contributed by atoms with Crippen LogP contribution in [-0.4, -0.2) is 77.8 Å². The fourth-order valence-corrected chi connectivity index (χ4v) is 3.26. The topological polar surface area (TPSA) is 59.7 Å². The molecule has 1 aromatic heterocycles. The number of nitrogens with one attached hydrogen (secondary N) is 1. The van der Waals surface area contributed by atoms with E-state index in [1.54, 1.807) is 4.90 Å². The van der Waals surface area contributed by atoms with Gasteiger partial charge in [-0.05, 0) is 25.1 Å². The van der Waals surface area contributed by atoms with Crippen LogP contribution in [0.2, 0.25) is 0 Å². The Morgan fingerprint density at radius 3 is 2.60 bits per heavy atom. The third-order valence-electron chi connectivity index (χ3n) is 4.95. The number of para-hydroxylation sites is 1. The fraction of sp³-hybridized carbons (Fsp3) is 0.474. The number of fused-ring (bicyclic) bond motifs is 1. The number of nitrogens with zero attached hydrogens (tertiary/aromatic N) is 3. The van der Waals surface area contributed by atoms with Gasteiger partial charge in [-0.1, -0.05) is 18.2 Å². The molecule has 0 unspecified atom stereocenters. The first-order valence-electron chi connectivity index (χ1n) is 8.81. The number of carbonyl (C=O) groups is 2. The van der Waals surface area contributed by atoms with E-state index in [9.17, 15) is 9.59 Å². The van der Waals surface area contributed by atoms with Gasteiger partial charge in [-0.25, -0.2) is 0 Å². The van der Waals surface area contributed by atoms with Crippen LogP contribution in [0.3, 0.4) is 0 Å². The van der Waals surface area contributed by atoms with E-state index in [2.05, 4.69) is 23.0 Å². The smallest absolute Gasteiger partial charge is 0.242 e. The highest BCUT2D eigenvalue weighted by Crippen LogP contribution is 2.18. The molecule has 134 valence electrons. The Hall–Kier alpha value is -2.34. The van der Waals surface area contributed by atoms with E-state index in [1.165, 1.54) is 17.9 Å². The second-order valence-electron chi connectivity index (χ2n) is 6.73. The SMILES string of the molecule is CC(=O)N(CCc1c[nH]c2ccccc12)CC(=O)N1CCN(C)CC1. The first-order valence-corrected chi connectivity index (χ1v) is 8.81. The Labute approximate surface area is 148 Å². The van der Waals surface area contributed by atoms with Crippen molar-refractivity contribution in [3.63, 3.8) is 0 Å². The van der Waals surface area contributed by atoms with E-state index < -0.39 is 0 Å². The van der Waals surface area contributed by atoms with Crippen LogP contribution < -0.4 is 0 Å². The first kappa shape index (κ1) is 17.5. The van der Waals surface area contributed by atoms with Crippen molar-refractivity contribution in [1.82, 2.24) is 19.7 Å². The van der Waals surface area contributed by atoms with Gasteiger partial charge in [-0.15, -0.1) is 0 Å². The zero-order chi connectivity index (χ0) is 17.8. The highest BCUT2D eigenvalue weighted by atomic mass is 16.2. The van der Waals surface area contributed by atoms with Crippen LogP contribution in [0.4, 0.5) is 0 Å². The molecule has 3 rings (SSSR count). The lowest BCUT2D eigenvalue weighted by Crippen LogP contribution is -2.50. The van der Waals surface area contributed by atoms with E-state index in [0.29, 0.717) is 6.54 Å². The molecule has 1 aliphatic heterocycles. The number of piperazine rings is 1. The van der Waals surface area contributed by atoms with Gasteiger partial charge in [0.15, 0.2) is 0 Å². The fourth-order valence-electron chi connectivity index (χ4n) is 3.26. The monoisotopic (exact) mass is 342 g/mol. The minimum atomic E-state index is -0.0534. The molecular formula is C19H26N4O2. The Morgan fingerprint density at radius 2 is 1.88 bits per heavy atom. The quantitative estimate of drug-likeness (QED) is 0.892. The molecule has 25 heavy (non-hydrogen) atoms. The number of carbonyl (C=O) groups excluding carboxylic acids is 2. The van der Waals surface area contributed by atoms with E-state index in [4.69, 9.17) is 0 Å². The van der Waals surface area contributed by atoms with Crippen LogP contribution in [0.1, 0.15) is 12.5 Å². The summed E-state index contributed by atoms with van der Waals surface area (Å²) in [7, 11) is 2.06. The Bertz CT molecular complexity index is 747. The number of likely N-dealkylation sites (N-methyl/N-ethyl adjacent to an activating group) is 1. The molecule has 2 aromatic rings. The van der Waals surface area contributed by atoms with E-state index in [1.807, 2.05) is 29.3 Å². The molecule has 2 heterocycles. The summed E-state index contributed by atoms with van der Waals surface area (Å²) in [5, 5.41) is 1.18. The molecule has 1 saturated heterocycles. The molecular weight excluding hydrogens is 316 g/mol. The maximum Gasteiger partial charge on any atom is 0.242 e. The van der Waals surface area contributed by atoms with Crippen molar-refractivity contribution in [3.05, 3.63) is 36.0 Å². The standard InChI is InChI=1S/C19H26N4O2/c1-15(24)23(14-19(25)22-11-9-21(2)10-12-22)8-7-16-13-20-18-6-4-3-5-17(16)18/h3-6,13,20H,7-12,14H2,1-2H3. The minimum Gasteiger partial charge on any atom is -0.361 e. The Kier molecular flexibility index (Phi) is 5.38. The molecule has 1 N–H and O–H groups in total. The van der Waals surface area contributed by atoms with Crippen molar-refractivity contribution in [1.29, 1.82) is 0 Å². The van der Waals surface area contributed by atoms with Gasteiger partial charge in [0.1, 0.15) is 0 Å². The number of H-pyrrole nitrogens is 1. The van der Waals surface area contributed by atoms with Crippen molar-refractivity contribution >= 4 is 22.7 Å². The molecule has 0 aliphatic carbocycles. The minimum absolute atomic E-state index is 0.0437. The van der Waals surface area contributed by atoms with Gasteiger partial charge in [0.2, 0.25) is 11.8 Å². The molecule has 1 aliphatic rings. The molecule has 0 spiro atoms. The third-order valence-corrected chi connectivity index (χ3v) is 4.95. The van der Waals surface area contributed by atoms with Gasteiger partial charge in [0.25, 0.3) is 0 Å². The molecule has 1 fully saturated rings. The number of aromatic nitrogens is 1. The summed E-state index contributed by atoms with van der Waals surface area (Å²) < 4.78 is 0. The summed E-state index contributed by atoms with van der Waals surface area (Å²) in [5.41, 5.74) is 2.27. The van der Waals surface area contributed by atoms with E-state index in [0.717, 1.165) is 38.1 Å². The number of amides is 2. The molecule has 6 heteroatoms. The summed E-state index contributed by atoms with van der Waals surface area (Å²) in [4.78, 5) is 33.5. The summed E-state index contributed by atoms with van der Waals surface area (Å²) in [6.45, 7) is 5.51. The van der Waals surface area contributed by atoms with Crippen LogP contribution in [0.15, 0.2) is 30.5 Å². The van der Waals surface area contributed by atoms with Crippen LogP contribution in [0.5, 0.6) is 0 Å². The summed E-state index contributed by atoms with van der Waals surface area (Å²) in [6, 6.07) is 8.13. The lowest BCUT2D eigenvalue weighted by molar-refractivity contribution is -0.140. The third kappa shape index (κ3) is 4.20. The van der Waals surface area contributed by atoms with Crippen molar-refractivity contribution in [2.45, 2.75) is 13.3 Å². The van der Waals surface area contributed by atoms with E-state index >= 15 is 0 Å². The van der Waals surface area contributed by atoms with Crippen molar-refractivity contribution in [3.8, 4) is 0 Å². The zero-order valence-electron chi connectivity index (χ0n) is 15.0. The van der Waals surface area contributed by atoms with Crippen molar-refractivity contribution in [2.24, 2.45) is 0 Å². The normalized spacial score (nSPS) is 15.5. The molecule has 6 nitrogen and oxygen atoms in total. The van der Waals surface area contributed by atoms with Crippen LogP contribution in [0.25, 0.3) is 10.9 Å². The second kappa shape index (κ2) is 7.70. The summed E-state index contributed by atoms with van der Waals surface area (Å²) in [6.07, 6.45) is 2.73. The number of hydrogen-bond donors (Lipinski definition) is 1. The number of benzene rings is 1. The average molecular weight is 342 g/mol. The number of rotatable bonds is 5. The van der Waals surface area contributed by atoms with Gasteiger partial charge in [0, 0.05) is 56.7 Å². The van der Waals surface area contributed by atoms with Gasteiger partial charge in [0.05, 0.1) is 6.54 Å². The molecule has 0 radical (unpaired) electrons. The molecule has 2 amide bonds. The van der Waals surface area contributed by atoms with Crippen LogP contribution >= 0.6 is 0 Å². The predicted molar refractivity (Wildman–Crippen MR) is 98.3 cm³/mol. The Balaban J connectivity index is 1.60. The van der Waals surface area contributed by atoms with Gasteiger partial charge >= 0.3 is 0 Å². The highest BCUT2D eigenvalue weighted by molar-refractivity contribution is 5.85. The number of aromatic amines is 1. The van der Waals surface area contributed by atoms with Gasteiger partial charge in [-0.3, -0.25) is 9.59 Å². The van der Waals surface area contributed by atoms with E-state index in [-0.39, 0.29) is 18.4 Å². The zero-order valence-corrected chi connectivity index (χ0v) is 15.0. The first-order chi connectivity index (χ1) is 12.0. The Morgan fingerprint density at radius 1 is 1.16 bits per heavy atom. The lowest BCUT2D eigenvalue weighted by atomic mass is 10.1. The maximum atomic E-state index is 12.5. The predicted octanol–water partition coefficient (Wildman–Crippen LogP) is 1.33. The summed E-state index contributed by atoms with van der Waals surface area (Å²) >= 11 is 0. The maximum absolute atomic E-state index is 12.5. The molecule has 0 atom stereocenters. The number of hydrogen-bond acceptors (Lipinski definition) is 3. The second-order valence-corrected chi connectivity index (χ2v) is 6.73. The molecule has 0 saturated carbocycles. The van der Waals surface area contributed by atoms with Gasteiger partial charge in [-0.2, -0.15) is 0 Å². The lowest BCUT2D eigenvalue weighted by Gasteiger charge is -2.33. The molecule has 1 aromatic carbocycles. The van der Waals surface area contributed by atoms with Crippen molar-refractivity contribution < 1.29 is 9.59 Å². The molecule has 0 bridgehead atoms. The highest BCUT2D eigenvalue weighted by Gasteiger charge is 2.22. The van der Waals surface area contributed by atoms with Gasteiger partial charge < -0.3 is 19.7 Å². The largest absolute Gasteiger partial charge is 0.361 e. The van der Waals surface area contributed by atoms with Crippen molar-refractivity contribution in [2.75, 3.05) is 46.3 Å². The average Bonchev–Trinajstić information content (AvgIpc) is 3.02. The van der Waals surface area contributed by atoms with Crippen LogP contribution in [0, 0.1) is 0 Å². The summed E-state index contributed by atoms with van der Waals surface area (Å²) in [5.74, 6) is -0.00968.